The number of Topliss-reactive ketones (excluding diaryl/α,β-unsaturated/α-hetero) is 1. The maximum absolute atomic E-state index is 13.5. The summed E-state index contributed by atoms with van der Waals surface area (Å²) in [5.41, 5.74) is 0.186. The molecule has 1 aromatic rings. The van der Waals surface area contributed by atoms with E-state index in [1.54, 1.807) is 12.1 Å². The van der Waals surface area contributed by atoms with Gasteiger partial charge in [0.25, 0.3) is 0 Å². The third kappa shape index (κ3) is 3.41. The Balaban J connectivity index is 2.80. The molecule has 0 aliphatic rings. The maximum atomic E-state index is 13.5. The molecule has 0 amide bonds. The molecule has 1 aromatic carbocycles. The van der Waals surface area contributed by atoms with Crippen LogP contribution in [-0.4, -0.2) is 5.78 Å². The second-order valence-corrected chi connectivity index (χ2v) is 4.97. The van der Waals surface area contributed by atoms with Gasteiger partial charge in [-0.1, -0.05) is 32.8 Å². The Morgan fingerprint density at radius 2 is 2.19 bits per heavy atom. The monoisotopic (exact) mass is 286 g/mol. The van der Waals surface area contributed by atoms with Crippen molar-refractivity contribution in [2.24, 2.45) is 5.92 Å². The molecule has 0 saturated heterocycles. The number of ketones is 1. The fourth-order valence-corrected chi connectivity index (χ4v) is 2.34. The van der Waals surface area contributed by atoms with Gasteiger partial charge in [0.05, 0.1) is 5.56 Å². The zero-order chi connectivity index (χ0) is 12.1. The third-order valence-corrected chi connectivity index (χ3v) is 3.22. The minimum Gasteiger partial charge on any atom is -0.294 e. The van der Waals surface area contributed by atoms with Crippen LogP contribution < -0.4 is 0 Å². The van der Waals surface area contributed by atoms with E-state index < -0.39 is 5.82 Å². The third-order valence-electron chi connectivity index (χ3n) is 2.56. The van der Waals surface area contributed by atoms with Crippen LogP contribution in [0.25, 0.3) is 0 Å². The lowest BCUT2D eigenvalue weighted by molar-refractivity contribution is 0.0958. The van der Waals surface area contributed by atoms with Crippen molar-refractivity contribution in [2.45, 2.75) is 33.1 Å². The Morgan fingerprint density at radius 3 is 2.75 bits per heavy atom. The van der Waals surface area contributed by atoms with Crippen molar-refractivity contribution >= 4 is 21.7 Å². The van der Waals surface area contributed by atoms with Gasteiger partial charge in [0.1, 0.15) is 5.82 Å². The van der Waals surface area contributed by atoms with Crippen molar-refractivity contribution in [3.05, 3.63) is 34.1 Å². The second-order valence-electron chi connectivity index (χ2n) is 4.12. The van der Waals surface area contributed by atoms with Gasteiger partial charge in [-0.3, -0.25) is 4.79 Å². The van der Waals surface area contributed by atoms with Crippen LogP contribution >= 0.6 is 15.9 Å². The van der Waals surface area contributed by atoms with Gasteiger partial charge in [0, 0.05) is 10.9 Å². The van der Waals surface area contributed by atoms with Crippen LogP contribution in [0.15, 0.2) is 22.7 Å². The molecule has 0 aromatic heterocycles. The zero-order valence-electron chi connectivity index (χ0n) is 9.59. The number of carbonyl (C=O) groups excluding carboxylic acids is 1. The quantitative estimate of drug-likeness (QED) is 0.723. The topological polar surface area (TPSA) is 17.1 Å². The van der Waals surface area contributed by atoms with Gasteiger partial charge in [0.2, 0.25) is 0 Å². The Labute approximate surface area is 104 Å². The average molecular weight is 287 g/mol. The lowest BCUT2D eigenvalue weighted by atomic mass is 9.96. The molecule has 0 saturated carbocycles. The summed E-state index contributed by atoms with van der Waals surface area (Å²) in [4.78, 5) is 11.9. The van der Waals surface area contributed by atoms with Gasteiger partial charge >= 0.3 is 0 Å². The standard InChI is InChI=1S/C13H16BrFO/c1-3-5-9(2)8-12(16)13-10(14)6-4-7-11(13)15/h4,6-7,9H,3,5,8H2,1-2H3. The van der Waals surface area contributed by atoms with Crippen LogP contribution in [0.2, 0.25) is 0 Å². The van der Waals surface area contributed by atoms with Crippen LogP contribution in [0.5, 0.6) is 0 Å². The van der Waals surface area contributed by atoms with Gasteiger partial charge in [-0.25, -0.2) is 4.39 Å². The van der Waals surface area contributed by atoms with Crippen LogP contribution in [0.1, 0.15) is 43.5 Å². The van der Waals surface area contributed by atoms with Crippen LogP contribution in [0.4, 0.5) is 4.39 Å². The Bertz CT molecular complexity index is 356. The van der Waals surface area contributed by atoms with E-state index in [4.69, 9.17) is 0 Å². The first-order valence-corrected chi connectivity index (χ1v) is 6.32. The molecule has 88 valence electrons. The van der Waals surface area contributed by atoms with Crippen LogP contribution in [0.3, 0.4) is 0 Å². The summed E-state index contributed by atoms with van der Waals surface area (Å²) < 4.78 is 14.0. The fraction of sp³-hybridized carbons (Fsp3) is 0.462. The van der Waals surface area contributed by atoms with Crippen molar-refractivity contribution < 1.29 is 9.18 Å². The zero-order valence-corrected chi connectivity index (χ0v) is 11.2. The van der Waals surface area contributed by atoms with E-state index >= 15 is 0 Å². The van der Waals surface area contributed by atoms with Gasteiger partial charge in [-0.15, -0.1) is 0 Å². The van der Waals surface area contributed by atoms with Gasteiger partial charge in [0.15, 0.2) is 5.78 Å². The number of carbonyl (C=O) groups is 1. The highest BCUT2D eigenvalue weighted by molar-refractivity contribution is 9.10. The Hall–Kier alpha value is -0.700. The summed E-state index contributed by atoms with van der Waals surface area (Å²) in [5.74, 6) is -0.252. The summed E-state index contributed by atoms with van der Waals surface area (Å²) >= 11 is 3.22. The van der Waals surface area contributed by atoms with Crippen LogP contribution in [0, 0.1) is 11.7 Å². The highest BCUT2D eigenvalue weighted by atomic mass is 79.9. The summed E-state index contributed by atoms with van der Waals surface area (Å²) in [6, 6.07) is 4.61. The molecule has 1 rings (SSSR count). The van der Waals surface area contributed by atoms with Gasteiger partial charge in [-0.05, 0) is 34.0 Å². The van der Waals surface area contributed by atoms with Crippen molar-refractivity contribution in [2.75, 3.05) is 0 Å². The summed E-state index contributed by atoms with van der Waals surface area (Å²) in [7, 11) is 0. The van der Waals surface area contributed by atoms with E-state index in [9.17, 15) is 9.18 Å². The average Bonchev–Trinajstić information content (AvgIpc) is 2.17. The summed E-state index contributed by atoms with van der Waals surface area (Å²) in [5, 5.41) is 0. The highest BCUT2D eigenvalue weighted by Gasteiger charge is 2.17. The number of halogens is 2. The molecule has 3 heteroatoms. The molecule has 0 radical (unpaired) electrons. The molecule has 0 heterocycles. The Morgan fingerprint density at radius 1 is 1.50 bits per heavy atom. The van der Waals surface area contributed by atoms with E-state index in [-0.39, 0.29) is 11.3 Å². The molecule has 0 aliphatic heterocycles. The first-order chi connectivity index (χ1) is 7.56. The predicted molar refractivity (Wildman–Crippen MR) is 67.1 cm³/mol. The maximum Gasteiger partial charge on any atom is 0.167 e. The number of hydrogen-bond acceptors (Lipinski definition) is 1. The SMILES string of the molecule is CCCC(C)CC(=O)c1c(F)cccc1Br. The summed E-state index contributed by atoms with van der Waals surface area (Å²) in [6.07, 6.45) is 2.46. The molecule has 0 bridgehead atoms. The molecule has 16 heavy (non-hydrogen) atoms. The van der Waals surface area contributed by atoms with E-state index in [0.29, 0.717) is 16.8 Å². The van der Waals surface area contributed by atoms with E-state index in [0.717, 1.165) is 12.8 Å². The minimum absolute atomic E-state index is 0.120. The minimum atomic E-state index is -0.442. The highest BCUT2D eigenvalue weighted by Crippen LogP contribution is 2.23. The number of rotatable bonds is 5. The Kier molecular flexibility index (Phi) is 5.13. The van der Waals surface area contributed by atoms with Crippen molar-refractivity contribution in [3.63, 3.8) is 0 Å². The van der Waals surface area contributed by atoms with Gasteiger partial charge in [-0.2, -0.15) is 0 Å². The smallest absolute Gasteiger partial charge is 0.167 e. The van der Waals surface area contributed by atoms with E-state index in [1.807, 2.05) is 6.92 Å². The fourth-order valence-electron chi connectivity index (χ4n) is 1.78. The van der Waals surface area contributed by atoms with Crippen LogP contribution in [-0.2, 0) is 0 Å². The summed E-state index contributed by atoms with van der Waals surface area (Å²) in [6.45, 7) is 4.11. The van der Waals surface area contributed by atoms with E-state index in [1.165, 1.54) is 6.07 Å². The first-order valence-electron chi connectivity index (χ1n) is 5.53. The molecule has 1 unspecified atom stereocenters. The molecule has 0 aliphatic carbocycles. The molecule has 0 spiro atoms. The van der Waals surface area contributed by atoms with Crippen molar-refractivity contribution in [3.8, 4) is 0 Å². The second kappa shape index (κ2) is 6.14. The lowest BCUT2D eigenvalue weighted by Crippen LogP contribution is -2.08. The van der Waals surface area contributed by atoms with Gasteiger partial charge < -0.3 is 0 Å². The molecule has 0 N–H and O–H groups in total. The normalized spacial score (nSPS) is 12.5. The molecule has 0 fully saturated rings. The number of hydrogen-bond donors (Lipinski definition) is 0. The molecule has 1 atom stereocenters. The molecular formula is C13H16BrFO. The number of benzene rings is 1. The largest absolute Gasteiger partial charge is 0.294 e. The predicted octanol–water partition coefficient (Wildman–Crippen LogP) is 4.60. The molecule has 1 nitrogen and oxygen atoms in total. The van der Waals surface area contributed by atoms with Crippen molar-refractivity contribution in [1.82, 2.24) is 0 Å². The van der Waals surface area contributed by atoms with Crippen molar-refractivity contribution in [1.29, 1.82) is 0 Å². The first kappa shape index (κ1) is 13.4. The molecular weight excluding hydrogens is 271 g/mol. The van der Waals surface area contributed by atoms with E-state index in [2.05, 4.69) is 22.9 Å². The lowest BCUT2D eigenvalue weighted by Gasteiger charge is -2.10.